The summed E-state index contributed by atoms with van der Waals surface area (Å²) in [6.07, 6.45) is -0.333. The highest BCUT2D eigenvalue weighted by molar-refractivity contribution is 5.90. The van der Waals surface area contributed by atoms with Crippen LogP contribution >= 0.6 is 0 Å². The van der Waals surface area contributed by atoms with E-state index >= 15 is 0 Å². The molecule has 1 amide bonds. The first kappa shape index (κ1) is 19.5. The molecule has 3 aromatic rings. The largest absolute Gasteiger partial charge is 0.335 e. The zero-order valence-electron chi connectivity index (χ0n) is 17.5. The molecule has 1 unspecified atom stereocenters. The summed E-state index contributed by atoms with van der Waals surface area (Å²) in [7, 11) is 0. The minimum atomic E-state index is -0.808. The number of nitrogens with one attached hydrogen (secondary N) is 3. The highest BCUT2D eigenvalue weighted by Gasteiger charge is 2.44. The van der Waals surface area contributed by atoms with Gasteiger partial charge in [0, 0.05) is 6.04 Å². The average Bonchev–Trinajstić information content (AvgIpc) is 3.17. The maximum atomic E-state index is 12.8. The van der Waals surface area contributed by atoms with E-state index < -0.39 is 5.54 Å². The molecule has 4 rings (SSSR count). The summed E-state index contributed by atoms with van der Waals surface area (Å²) >= 11 is 0. The summed E-state index contributed by atoms with van der Waals surface area (Å²) in [5, 5.41) is 6.50. The number of carbonyl (C=O) groups excluding carboxylic acids is 1. The number of aromatic nitrogens is 2. The lowest BCUT2D eigenvalue weighted by Gasteiger charge is -2.28. The minimum Gasteiger partial charge on any atom is -0.335 e. The van der Waals surface area contributed by atoms with Crippen molar-refractivity contribution in [3.63, 3.8) is 0 Å². The number of hydrogen-bond donors (Lipinski definition) is 3. The number of fused-ring (bicyclic) bond motifs is 1. The van der Waals surface area contributed by atoms with Crippen molar-refractivity contribution in [2.24, 2.45) is 5.41 Å². The molecule has 1 aliphatic heterocycles. The summed E-state index contributed by atoms with van der Waals surface area (Å²) in [5.41, 5.74) is 2.49. The average molecular weight is 393 g/mol. The van der Waals surface area contributed by atoms with Gasteiger partial charge in [-0.1, -0.05) is 57.2 Å². The Labute approximate surface area is 170 Å². The fraction of sp³-hybridized carbons (Fsp3) is 0.391. The minimum absolute atomic E-state index is 0.0136. The third-order valence-electron chi connectivity index (χ3n) is 6.23. The molecule has 3 atom stereocenters. The first-order valence-electron chi connectivity index (χ1n) is 9.99. The van der Waals surface area contributed by atoms with Gasteiger partial charge in [-0.3, -0.25) is 14.7 Å². The molecule has 6 heteroatoms. The number of rotatable bonds is 3. The third-order valence-corrected chi connectivity index (χ3v) is 6.23. The van der Waals surface area contributed by atoms with Crippen molar-refractivity contribution in [3.8, 4) is 0 Å². The number of H-pyrrole nitrogens is 1. The van der Waals surface area contributed by atoms with Crippen LogP contribution in [0, 0.1) is 5.41 Å². The van der Waals surface area contributed by atoms with Crippen LogP contribution in [-0.4, -0.2) is 15.5 Å². The number of carbonyl (C=O) groups is 1. The number of amides is 1. The zero-order chi connectivity index (χ0) is 21.0. The van der Waals surface area contributed by atoms with Gasteiger partial charge >= 0.3 is 5.69 Å². The Morgan fingerprint density at radius 2 is 1.76 bits per heavy atom. The molecule has 0 radical (unpaired) electrons. The van der Waals surface area contributed by atoms with Gasteiger partial charge in [0.05, 0.1) is 11.0 Å². The van der Waals surface area contributed by atoms with E-state index in [-0.39, 0.29) is 29.2 Å². The van der Waals surface area contributed by atoms with Crippen molar-refractivity contribution < 1.29 is 4.79 Å². The second kappa shape index (κ2) is 6.59. The van der Waals surface area contributed by atoms with E-state index in [0.29, 0.717) is 0 Å². The van der Waals surface area contributed by atoms with Crippen LogP contribution in [0.2, 0.25) is 0 Å². The number of hydrogen-bond acceptors (Lipinski definition) is 3. The zero-order valence-corrected chi connectivity index (χ0v) is 17.5. The number of imidazole rings is 1. The molecular weight excluding hydrogens is 364 g/mol. The molecule has 0 aliphatic carbocycles. The van der Waals surface area contributed by atoms with Crippen molar-refractivity contribution in [2.75, 3.05) is 0 Å². The standard InChI is InChI=1S/C23H28N4O2/c1-14(22(2,3)4)27-18-13-15(11-12-17(18)24-21(27)29)19-25-20(28)23(5,26-19)16-9-7-6-8-10-16/h6-14,19,26H,1-5H3,(H,24,29)(H,25,28)/t14-,19?,23+/m1/s1. The van der Waals surface area contributed by atoms with E-state index in [1.165, 1.54) is 0 Å². The maximum Gasteiger partial charge on any atom is 0.326 e. The lowest BCUT2D eigenvalue weighted by Crippen LogP contribution is -2.40. The molecule has 29 heavy (non-hydrogen) atoms. The van der Waals surface area contributed by atoms with Crippen LogP contribution in [0.15, 0.2) is 53.3 Å². The Kier molecular flexibility index (Phi) is 4.42. The van der Waals surface area contributed by atoms with Crippen LogP contribution in [0.5, 0.6) is 0 Å². The van der Waals surface area contributed by atoms with Gasteiger partial charge in [0.15, 0.2) is 0 Å². The Morgan fingerprint density at radius 1 is 1.07 bits per heavy atom. The Hall–Kier alpha value is -2.86. The molecule has 0 bridgehead atoms. The molecule has 1 aliphatic rings. The van der Waals surface area contributed by atoms with E-state index in [0.717, 1.165) is 22.2 Å². The SMILES string of the molecule is C[C@@H](n1c(=O)[nH]c2ccc(C3NC(=O)[C@](C)(c4ccccc4)N3)cc21)C(C)(C)C. The van der Waals surface area contributed by atoms with Gasteiger partial charge in [0.1, 0.15) is 11.7 Å². The van der Waals surface area contributed by atoms with Crippen molar-refractivity contribution in [1.82, 2.24) is 20.2 Å². The molecule has 0 spiro atoms. The molecule has 0 saturated carbocycles. The summed E-state index contributed by atoms with van der Waals surface area (Å²) in [6, 6.07) is 15.6. The van der Waals surface area contributed by atoms with Gasteiger partial charge in [-0.2, -0.15) is 0 Å². The number of aromatic amines is 1. The monoisotopic (exact) mass is 392 g/mol. The first-order valence-corrected chi connectivity index (χ1v) is 9.99. The Balaban J connectivity index is 1.74. The summed E-state index contributed by atoms with van der Waals surface area (Å²) in [4.78, 5) is 28.4. The van der Waals surface area contributed by atoms with Crippen LogP contribution in [-0.2, 0) is 10.3 Å². The lowest BCUT2D eigenvalue weighted by molar-refractivity contribution is -0.124. The topological polar surface area (TPSA) is 78.9 Å². The second-order valence-corrected chi connectivity index (χ2v) is 9.16. The molecule has 3 N–H and O–H groups in total. The van der Waals surface area contributed by atoms with E-state index in [4.69, 9.17) is 0 Å². The van der Waals surface area contributed by atoms with Crippen molar-refractivity contribution in [2.45, 2.75) is 52.4 Å². The van der Waals surface area contributed by atoms with Crippen LogP contribution in [0.25, 0.3) is 11.0 Å². The first-order chi connectivity index (χ1) is 13.6. The fourth-order valence-corrected chi connectivity index (χ4v) is 3.91. The van der Waals surface area contributed by atoms with Gasteiger partial charge in [-0.05, 0) is 42.5 Å². The maximum absolute atomic E-state index is 12.8. The van der Waals surface area contributed by atoms with Gasteiger partial charge in [0.2, 0.25) is 5.91 Å². The van der Waals surface area contributed by atoms with Crippen molar-refractivity contribution in [1.29, 1.82) is 0 Å². The van der Waals surface area contributed by atoms with Crippen LogP contribution < -0.4 is 16.3 Å². The van der Waals surface area contributed by atoms with Crippen molar-refractivity contribution >= 4 is 16.9 Å². The highest BCUT2D eigenvalue weighted by Crippen LogP contribution is 2.34. The molecular formula is C23H28N4O2. The molecule has 2 heterocycles. The predicted molar refractivity (Wildman–Crippen MR) is 115 cm³/mol. The summed E-state index contributed by atoms with van der Waals surface area (Å²) < 4.78 is 1.81. The summed E-state index contributed by atoms with van der Waals surface area (Å²) in [6.45, 7) is 10.3. The van der Waals surface area contributed by atoms with Crippen molar-refractivity contribution in [3.05, 3.63) is 70.1 Å². The highest BCUT2D eigenvalue weighted by atomic mass is 16.2. The van der Waals surface area contributed by atoms with Gasteiger partial charge in [-0.15, -0.1) is 0 Å². The second-order valence-electron chi connectivity index (χ2n) is 9.16. The smallest absolute Gasteiger partial charge is 0.326 e. The van der Waals surface area contributed by atoms with E-state index in [2.05, 4.69) is 43.3 Å². The molecule has 1 saturated heterocycles. The van der Waals surface area contributed by atoms with E-state index in [9.17, 15) is 9.59 Å². The Morgan fingerprint density at radius 3 is 2.41 bits per heavy atom. The summed E-state index contributed by atoms with van der Waals surface area (Å²) in [5.74, 6) is -0.0664. The molecule has 152 valence electrons. The van der Waals surface area contributed by atoms with E-state index in [1.54, 1.807) is 0 Å². The van der Waals surface area contributed by atoms with Gasteiger partial charge in [-0.25, -0.2) is 4.79 Å². The van der Waals surface area contributed by atoms with Crippen LogP contribution in [0.3, 0.4) is 0 Å². The lowest BCUT2D eigenvalue weighted by atomic mass is 9.88. The van der Waals surface area contributed by atoms with Gasteiger partial charge in [0.25, 0.3) is 0 Å². The molecule has 6 nitrogen and oxygen atoms in total. The predicted octanol–water partition coefficient (Wildman–Crippen LogP) is 3.57. The van der Waals surface area contributed by atoms with E-state index in [1.807, 2.05) is 60.0 Å². The number of nitrogens with zero attached hydrogens (tertiary/aromatic N) is 1. The quantitative estimate of drug-likeness (QED) is 0.638. The molecule has 1 aromatic heterocycles. The van der Waals surface area contributed by atoms with Crippen LogP contribution in [0.1, 0.15) is 58.0 Å². The normalized spacial score (nSPS) is 23.3. The molecule has 2 aromatic carbocycles. The molecule has 1 fully saturated rings. The fourth-order valence-electron chi connectivity index (χ4n) is 3.91. The number of benzene rings is 2. The third kappa shape index (κ3) is 3.17. The van der Waals surface area contributed by atoms with Crippen LogP contribution in [0.4, 0.5) is 0 Å². The van der Waals surface area contributed by atoms with Gasteiger partial charge < -0.3 is 10.3 Å². The Bertz CT molecular complexity index is 1120.